The summed E-state index contributed by atoms with van der Waals surface area (Å²) in [5, 5.41) is 9.76. The minimum Gasteiger partial charge on any atom is -0.363 e. The molecular formula is C12H24O4. The second-order valence-electron chi connectivity index (χ2n) is 5.34. The SMILES string of the molecule is CCCCCC(C)(O)OOC(=O)C(C)(C)C. The van der Waals surface area contributed by atoms with Crippen LogP contribution < -0.4 is 0 Å². The Labute approximate surface area is 97.9 Å². The molecule has 0 fully saturated rings. The highest BCUT2D eigenvalue weighted by Crippen LogP contribution is 2.20. The van der Waals surface area contributed by atoms with E-state index in [-0.39, 0.29) is 0 Å². The summed E-state index contributed by atoms with van der Waals surface area (Å²) in [6.07, 6.45) is 3.39. The third kappa shape index (κ3) is 6.80. The number of carbonyl (C=O) groups excluding carboxylic acids is 1. The molecule has 0 heterocycles. The number of hydrogen-bond acceptors (Lipinski definition) is 4. The van der Waals surface area contributed by atoms with Crippen LogP contribution in [0.5, 0.6) is 0 Å². The standard InChI is InChI=1S/C12H24O4/c1-6-7-8-9-12(5,14)16-15-10(13)11(2,3)4/h14H,6-9H2,1-5H3. The van der Waals surface area contributed by atoms with Crippen LogP contribution >= 0.6 is 0 Å². The molecule has 0 aliphatic heterocycles. The first-order valence-corrected chi connectivity index (χ1v) is 5.81. The maximum atomic E-state index is 11.4. The van der Waals surface area contributed by atoms with Crippen molar-refractivity contribution in [3.8, 4) is 0 Å². The lowest BCUT2D eigenvalue weighted by Gasteiger charge is -2.23. The number of rotatable bonds is 6. The molecule has 0 aromatic heterocycles. The van der Waals surface area contributed by atoms with Crippen molar-refractivity contribution in [2.24, 2.45) is 5.41 Å². The Kier molecular flexibility index (Phi) is 5.97. The van der Waals surface area contributed by atoms with Crippen molar-refractivity contribution in [2.75, 3.05) is 0 Å². The maximum Gasteiger partial charge on any atom is 0.347 e. The quantitative estimate of drug-likeness (QED) is 0.331. The molecule has 0 aliphatic rings. The molecule has 4 nitrogen and oxygen atoms in total. The second kappa shape index (κ2) is 6.21. The number of hydrogen-bond donors (Lipinski definition) is 1. The Bertz CT molecular complexity index is 216. The van der Waals surface area contributed by atoms with Gasteiger partial charge < -0.3 is 5.11 Å². The van der Waals surface area contributed by atoms with E-state index in [1.807, 2.05) is 0 Å². The fraction of sp³-hybridized carbons (Fsp3) is 0.917. The highest BCUT2D eigenvalue weighted by atomic mass is 17.2. The van der Waals surface area contributed by atoms with Gasteiger partial charge >= 0.3 is 5.97 Å². The number of unbranched alkanes of at least 4 members (excludes halogenated alkanes) is 2. The van der Waals surface area contributed by atoms with Gasteiger partial charge in [0.1, 0.15) is 0 Å². The molecule has 16 heavy (non-hydrogen) atoms. The van der Waals surface area contributed by atoms with Crippen LogP contribution in [0.15, 0.2) is 0 Å². The maximum absolute atomic E-state index is 11.4. The lowest BCUT2D eigenvalue weighted by molar-refractivity contribution is -0.392. The van der Waals surface area contributed by atoms with Crippen molar-refractivity contribution in [2.45, 2.75) is 66.1 Å². The summed E-state index contributed by atoms with van der Waals surface area (Å²) in [5.41, 5.74) is -0.625. The average Bonchev–Trinajstić information content (AvgIpc) is 2.13. The molecule has 0 rings (SSSR count). The van der Waals surface area contributed by atoms with Gasteiger partial charge in [-0.05, 0) is 34.1 Å². The normalized spacial score (nSPS) is 15.6. The van der Waals surface area contributed by atoms with Gasteiger partial charge in [-0.3, -0.25) is 4.89 Å². The Morgan fingerprint density at radius 3 is 2.19 bits per heavy atom. The molecule has 0 radical (unpaired) electrons. The van der Waals surface area contributed by atoms with Gasteiger partial charge in [0, 0.05) is 6.42 Å². The summed E-state index contributed by atoms with van der Waals surface area (Å²) in [6.45, 7) is 8.76. The lowest BCUT2D eigenvalue weighted by Crippen LogP contribution is -2.32. The molecule has 0 bridgehead atoms. The summed E-state index contributed by atoms with van der Waals surface area (Å²) < 4.78 is 0. The molecule has 0 aliphatic carbocycles. The molecule has 0 amide bonds. The van der Waals surface area contributed by atoms with Crippen molar-refractivity contribution in [1.29, 1.82) is 0 Å². The molecule has 0 aromatic carbocycles. The third-order valence-corrected chi connectivity index (χ3v) is 2.15. The van der Waals surface area contributed by atoms with E-state index in [9.17, 15) is 9.90 Å². The van der Waals surface area contributed by atoms with Gasteiger partial charge in [-0.2, -0.15) is 4.89 Å². The smallest absolute Gasteiger partial charge is 0.347 e. The van der Waals surface area contributed by atoms with Gasteiger partial charge in [0.2, 0.25) is 5.79 Å². The molecule has 1 atom stereocenters. The molecule has 1 unspecified atom stereocenters. The van der Waals surface area contributed by atoms with Crippen LogP contribution in [0.25, 0.3) is 0 Å². The largest absolute Gasteiger partial charge is 0.363 e. The van der Waals surface area contributed by atoms with E-state index in [1.54, 1.807) is 20.8 Å². The van der Waals surface area contributed by atoms with E-state index in [0.29, 0.717) is 6.42 Å². The Morgan fingerprint density at radius 2 is 1.75 bits per heavy atom. The van der Waals surface area contributed by atoms with Crippen molar-refractivity contribution < 1.29 is 19.7 Å². The van der Waals surface area contributed by atoms with Crippen molar-refractivity contribution in [3.63, 3.8) is 0 Å². The minimum absolute atomic E-state index is 0.457. The predicted molar refractivity (Wildman–Crippen MR) is 61.4 cm³/mol. The molecule has 0 saturated carbocycles. The van der Waals surface area contributed by atoms with E-state index in [0.717, 1.165) is 19.3 Å². The average molecular weight is 232 g/mol. The van der Waals surface area contributed by atoms with E-state index in [4.69, 9.17) is 4.89 Å². The van der Waals surface area contributed by atoms with Crippen molar-refractivity contribution in [1.82, 2.24) is 0 Å². The summed E-state index contributed by atoms with van der Waals surface area (Å²) >= 11 is 0. The lowest BCUT2D eigenvalue weighted by atomic mass is 9.98. The van der Waals surface area contributed by atoms with E-state index >= 15 is 0 Å². The summed E-state index contributed by atoms with van der Waals surface area (Å²) in [6, 6.07) is 0. The van der Waals surface area contributed by atoms with Crippen LogP contribution in [0.1, 0.15) is 60.3 Å². The van der Waals surface area contributed by atoms with Crippen LogP contribution in [-0.2, 0) is 14.6 Å². The first kappa shape index (κ1) is 15.4. The topological polar surface area (TPSA) is 55.8 Å². The predicted octanol–water partition coefficient (Wildman–Crippen LogP) is 2.80. The fourth-order valence-electron chi connectivity index (χ4n) is 0.997. The Morgan fingerprint density at radius 1 is 1.19 bits per heavy atom. The number of aliphatic hydroxyl groups is 1. The third-order valence-electron chi connectivity index (χ3n) is 2.15. The minimum atomic E-state index is -1.39. The molecule has 0 saturated heterocycles. The second-order valence-corrected chi connectivity index (χ2v) is 5.34. The summed E-state index contributed by atoms with van der Waals surface area (Å²) in [4.78, 5) is 20.8. The monoisotopic (exact) mass is 232 g/mol. The zero-order valence-corrected chi connectivity index (χ0v) is 11.0. The van der Waals surface area contributed by atoms with Crippen LogP contribution in [0, 0.1) is 5.41 Å². The Hall–Kier alpha value is -0.610. The van der Waals surface area contributed by atoms with Crippen LogP contribution in [0.2, 0.25) is 0 Å². The fourth-order valence-corrected chi connectivity index (χ4v) is 0.997. The zero-order chi connectivity index (χ0) is 12.8. The van der Waals surface area contributed by atoms with Gasteiger partial charge in [-0.15, -0.1) is 0 Å². The van der Waals surface area contributed by atoms with Crippen molar-refractivity contribution in [3.05, 3.63) is 0 Å². The van der Waals surface area contributed by atoms with Gasteiger partial charge in [0.15, 0.2) is 0 Å². The summed E-state index contributed by atoms with van der Waals surface area (Å²) in [5.74, 6) is -1.88. The molecular weight excluding hydrogens is 208 g/mol. The molecule has 4 heteroatoms. The van der Waals surface area contributed by atoms with Crippen molar-refractivity contribution >= 4 is 5.97 Å². The van der Waals surface area contributed by atoms with E-state index in [1.165, 1.54) is 6.92 Å². The van der Waals surface area contributed by atoms with Crippen LogP contribution in [0.4, 0.5) is 0 Å². The first-order chi connectivity index (χ1) is 7.19. The first-order valence-electron chi connectivity index (χ1n) is 5.81. The van der Waals surface area contributed by atoms with Crippen LogP contribution in [-0.4, -0.2) is 16.9 Å². The van der Waals surface area contributed by atoms with Gasteiger partial charge in [-0.25, -0.2) is 4.79 Å². The summed E-state index contributed by atoms with van der Waals surface area (Å²) in [7, 11) is 0. The van der Waals surface area contributed by atoms with E-state index < -0.39 is 17.2 Å². The van der Waals surface area contributed by atoms with Gasteiger partial charge in [0.25, 0.3) is 0 Å². The van der Waals surface area contributed by atoms with Crippen LogP contribution in [0.3, 0.4) is 0 Å². The highest BCUT2D eigenvalue weighted by Gasteiger charge is 2.29. The molecule has 0 spiro atoms. The number of carbonyl (C=O) groups is 1. The molecule has 96 valence electrons. The Balaban J connectivity index is 3.94. The zero-order valence-electron chi connectivity index (χ0n) is 11.0. The molecule has 0 aromatic rings. The van der Waals surface area contributed by atoms with Gasteiger partial charge in [-0.1, -0.05) is 19.8 Å². The van der Waals surface area contributed by atoms with E-state index in [2.05, 4.69) is 11.8 Å². The van der Waals surface area contributed by atoms with Gasteiger partial charge in [0.05, 0.1) is 5.41 Å². The highest BCUT2D eigenvalue weighted by molar-refractivity contribution is 5.74. The molecule has 1 N–H and O–H groups in total.